The molecule has 0 heterocycles. The van der Waals surface area contributed by atoms with Crippen LogP contribution in [0.4, 0.5) is 10.1 Å². The number of benzene rings is 2. The number of rotatable bonds is 6. The average Bonchev–Trinajstić information content (AvgIpc) is 2.46. The second-order valence-corrected chi connectivity index (χ2v) is 5.53. The minimum Gasteiger partial charge on any atom is -0.293 e. The summed E-state index contributed by atoms with van der Waals surface area (Å²) in [5, 5.41) is 0. The van der Waals surface area contributed by atoms with Crippen LogP contribution in [0.1, 0.15) is 5.56 Å². The SMILES string of the molecule is C=Nc1ccc(F)cc1SCN(C)Cc1ccccc1. The summed E-state index contributed by atoms with van der Waals surface area (Å²) in [5.74, 6) is 0.520. The van der Waals surface area contributed by atoms with Gasteiger partial charge in [0.05, 0.1) is 5.69 Å². The van der Waals surface area contributed by atoms with Gasteiger partial charge in [-0.25, -0.2) is 4.39 Å². The first-order valence-corrected chi connectivity index (χ1v) is 7.29. The molecule has 0 aliphatic rings. The minimum absolute atomic E-state index is 0.245. The van der Waals surface area contributed by atoms with Crippen molar-refractivity contribution in [3.8, 4) is 0 Å². The molecule has 0 fully saturated rings. The van der Waals surface area contributed by atoms with Crippen molar-refractivity contribution in [3.63, 3.8) is 0 Å². The molecule has 0 N–H and O–H groups in total. The Morgan fingerprint density at radius 3 is 2.65 bits per heavy atom. The lowest BCUT2D eigenvalue weighted by atomic mass is 10.2. The van der Waals surface area contributed by atoms with Gasteiger partial charge in [0.25, 0.3) is 0 Å². The summed E-state index contributed by atoms with van der Waals surface area (Å²) in [6.45, 7) is 4.38. The summed E-state index contributed by atoms with van der Waals surface area (Å²) >= 11 is 1.57. The molecule has 0 saturated heterocycles. The van der Waals surface area contributed by atoms with Gasteiger partial charge in [-0.3, -0.25) is 9.89 Å². The van der Waals surface area contributed by atoms with Crippen LogP contribution in [0.5, 0.6) is 0 Å². The molecular formula is C16H17FN2S. The Labute approximate surface area is 123 Å². The molecule has 0 spiro atoms. The van der Waals surface area contributed by atoms with Gasteiger partial charge in [-0.05, 0) is 37.5 Å². The molecule has 2 aromatic rings. The highest BCUT2D eigenvalue weighted by molar-refractivity contribution is 7.99. The maximum absolute atomic E-state index is 13.3. The molecule has 0 aromatic heterocycles. The molecule has 2 rings (SSSR count). The highest BCUT2D eigenvalue weighted by Gasteiger charge is 2.06. The van der Waals surface area contributed by atoms with E-state index in [1.807, 2.05) is 25.2 Å². The van der Waals surface area contributed by atoms with E-state index in [2.05, 4.69) is 28.7 Å². The van der Waals surface area contributed by atoms with Gasteiger partial charge in [0.15, 0.2) is 0 Å². The van der Waals surface area contributed by atoms with Crippen LogP contribution in [-0.4, -0.2) is 24.5 Å². The van der Waals surface area contributed by atoms with Crippen LogP contribution < -0.4 is 0 Å². The summed E-state index contributed by atoms with van der Waals surface area (Å²) in [7, 11) is 2.04. The minimum atomic E-state index is -0.245. The monoisotopic (exact) mass is 288 g/mol. The van der Waals surface area contributed by atoms with Gasteiger partial charge in [-0.15, -0.1) is 11.8 Å². The topological polar surface area (TPSA) is 15.6 Å². The fourth-order valence-electron chi connectivity index (χ4n) is 1.85. The molecule has 0 saturated carbocycles. The molecular weight excluding hydrogens is 271 g/mol. The molecule has 0 aliphatic heterocycles. The maximum Gasteiger partial charge on any atom is 0.124 e. The van der Waals surface area contributed by atoms with Gasteiger partial charge in [-0.1, -0.05) is 30.3 Å². The van der Waals surface area contributed by atoms with E-state index in [9.17, 15) is 4.39 Å². The van der Waals surface area contributed by atoms with E-state index < -0.39 is 0 Å². The van der Waals surface area contributed by atoms with Gasteiger partial charge >= 0.3 is 0 Å². The molecule has 4 heteroatoms. The third kappa shape index (κ3) is 4.18. The fraction of sp³-hybridized carbons (Fsp3) is 0.188. The van der Waals surface area contributed by atoms with Crippen molar-refractivity contribution in [1.29, 1.82) is 0 Å². The zero-order valence-corrected chi connectivity index (χ0v) is 12.2. The van der Waals surface area contributed by atoms with E-state index in [-0.39, 0.29) is 5.82 Å². The highest BCUT2D eigenvalue weighted by Crippen LogP contribution is 2.30. The summed E-state index contributed by atoms with van der Waals surface area (Å²) in [4.78, 5) is 6.92. The predicted molar refractivity (Wildman–Crippen MR) is 84.2 cm³/mol. The second-order valence-electron chi connectivity index (χ2n) is 4.54. The Kier molecular flexibility index (Phi) is 5.32. The number of thioether (sulfide) groups is 1. The lowest BCUT2D eigenvalue weighted by molar-refractivity contribution is 0.386. The van der Waals surface area contributed by atoms with Gasteiger partial charge < -0.3 is 0 Å². The predicted octanol–water partition coefficient (Wildman–Crippen LogP) is 4.34. The first kappa shape index (κ1) is 14.8. The van der Waals surface area contributed by atoms with Gasteiger partial charge in [0, 0.05) is 17.3 Å². The van der Waals surface area contributed by atoms with Crippen molar-refractivity contribution in [1.82, 2.24) is 4.90 Å². The van der Waals surface area contributed by atoms with Crippen molar-refractivity contribution in [2.45, 2.75) is 11.4 Å². The van der Waals surface area contributed by atoms with Crippen LogP contribution in [0.25, 0.3) is 0 Å². The second kappa shape index (κ2) is 7.22. The lowest BCUT2D eigenvalue weighted by Crippen LogP contribution is -2.16. The number of hydrogen-bond acceptors (Lipinski definition) is 3. The Morgan fingerprint density at radius 2 is 1.95 bits per heavy atom. The number of aliphatic imine (C=N–C) groups is 1. The van der Waals surface area contributed by atoms with Crippen LogP contribution in [0.3, 0.4) is 0 Å². The number of hydrogen-bond donors (Lipinski definition) is 0. The first-order chi connectivity index (χ1) is 9.69. The third-order valence-electron chi connectivity index (χ3n) is 2.83. The molecule has 0 radical (unpaired) electrons. The fourth-order valence-corrected chi connectivity index (χ4v) is 2.78. The summed E-state index contributed by atoms with van der Waals surface area (Å²) in [6, 6.07) is 14.8. The molecule has 0 unspecified atom stereocenters. The number of halogens is 1. The van der Waals surface area contributed by atoms with Gasteiger partial charge in [-0.2, -0.15) is 0 Å². The van der Waals surface area contributed by atoms with E-state index >= 15 is 0 Å². The summed E-state index contributed by atoms with van der Waals surface area (Å²) < 4.78 is 13.3. The molecule has 104 valence electrons. The molecule has 2 aromatic carbocycles. The molecule has 0 amide bonds. The lowest BCUT2D eigenvalue weighted by Gasteiger charge is -2.16. The quantitative estimate of drug-likeness (QED) is 0.446. The van der Waals surface area contributed by atoms with Crippen LogP contribution in [-0.2, 0) is 6.54 Å². The van der Waals surface area contributed by atoms with Crippen molar-refractivity contribution >= 4 is 24.2 Å². The van der Waals surface area contributed by atoms with Crippen molar-refractivity contribution < 1.29 is 4.39 Å². The molecule has 0 bridgehead atoms. The third-order valence-corrected chi connectivity index (χ3v) is 4.04. The molecule has 2 nitrogen and oxygen atoms in total. The van der Waals surface area contributed by atoms with Crippen LogP contribution >= 0.6 is 11.8 Å². The summed E-state index contributed by atoms with van der Waals surface area (Å²) in [6.07, 6.45) is 0. The Morgan fingerprint density at radius 1 is 1.20 bits per heavy atom. The van der Waals surface area contributed by atoms with E-state index in [0.29, 0.717) is 0 Å². The molecule has 0 aliphatic carbocycles. The van der Waals surface area contributed by atoms with Crippen molar-refractivity contribution in [3.05, 3.63) is 59.9 Å². The van der Waals surface area contributed by atoms with E-state index in [1.54, 1.807) is 17.8 Å². The molecule has 20 heavy (non-hydrogen) atoms. The Hall–Kier alpha value is -1.65. The van der Waals surface area contributed by atoms with Crippen molar-refractivity contribution in [2.75, 3.05) is 12.9 Å². The van der Waals surface area contributed by atoms with E-state index in [1.165, 1.54) is 17.7 Å². The zero-order chi connectivity index (χ0) is 14.4. The van der Waals surface area contributed by atoms with E-state index in [4.69, 9.17) is 0 Å². The van der Waals surface area contributed by atoms with Crippen LogP contribution in [0.2, 0.25) is 0 Å². The van der Waals surface area contributed by atoms with Gasteiger partial charge in [0.1, 0.15) is 5.82 Å². The Balaban J connectivity index is 1.95. The summed E-state index contributed by atoms with van der Waals surface area (Å²) in [5.41, 5.74) is 1.99. The first-order valence-electron chi connectivity index (χ1n) is 6.30. The standard InChI is InChI=1S/C16H17FN2S/c1-18-15-9-8-14(17)10-16(15)20-12-19(2)11-13-6-4-3-5-7-13/h3-10H,1,11-12H2,2H3. The smallest absolute Gasteiger partial charge is 0.124 e. The zero-order valence-electron chi connectivity index (χ0n) is 11.4. The van der Waals surface area contributed by atoms with Crippen LogP contribution in [0.15, 0.2) is 58.4 Å². The number of nitrogens with zero attached hydrogens (tertiary/aromatic N) is 2. The highest BCUT2D eigenvalue weighted by atomic mass is 32.2. The molecule has 0 atom stereocenters. The largest absolute Gasteiger partial charge is 0.293 e. The normalized spacial score (nSPS) is 10.8. The van der Waals surface area contributed by atoms with Gasteiger partial charge in [0.2, 0.25) is 0 Å². The van der Waals surface area contributed by atoms with E-state index in [0.717, 1.165) is 23.0 Å². The van der Waals surface area contributed by atoms with Crippen molar-refractivity contribution in [2.24, 2.45) is 4.99 Å². The maximum atomic E-state index is 13.3. The van der Waals surface area contributed by atoms with Crippen LogP contribution in [0, 0.1) is 5.82 Å². The Bertz CT molecular complexity index is 572. The average molecular weight is 288 g/mol.